The van der Waals surface area contributed by atoms with Gasteiger partial charge in [-0.05, 0) is 19.1 Å². The second-order valence-corrected chi connectivity index (χ2v) is 4.61. The summed E-state index contributed by atoms with van der Waals surface area (Å²) in [5.74, 6) is 1.56. The van der Waals surface area contributed by atoms with Gasteiger partial charge in [0.2, 0.25) is 0 Å². The molecule has 1 heterocycles. The Bertz CT molecular complexity index is 471. The van der Waals surface area contributed by atoms with Crippen LogP contribution < -0.4 is 9.47 Å². The number of aromatic nitrogens is 1. The third-order valence-electron chi connectivity index (χ3n) is 2.22. The van der Waals surface area contributed by atoms with Crippen LogP contribution in [0.25, 0.3) is 10.6 Å². The lowest BCUT2D eigenvalue weighted by molar-refractivity contribution is 0.394. The van der Waals surface area contributed by atoms with E-state index in [1.807, 2.05) is 31.3 Å². The minimum atomic E-state index is 0.780. The number of hydrogen-bond acceptors (Lipinski definition) is 4. The van der Waals surface area contributed by atoms with E-state index in [-0.39, 0.29) is 0 Å². The molecule has 0 spiro atoms. The highest BCUT2D eigenvalue weighted by Crippen LogP contribution is 2.31. The largest absolute Gasteiger partial charge is 0.497 e. The number of methoxy groups -OCH3 is 2. The van der Waals surface area contributed by atoms with Crippen molar-refractivity contribution in [2.45, 2.75) is 6.92 Å². The normalized spacial score (nSPS) is 10.2. The molecular weight excluding hydrogens is 222 g/mol. The second-order valence-electron chi connectivity index (χ2n) is 3.38. The Labute approximate surface area is 98.7 Å². The fraction of sp³-hybridized carbons (Fsp3) is 0.250. The Balaban J connectivity index is 2.47. The third kappa shape index (κ3) is 2.17. The molecule has 0 fully saturated rings. The van der Waals surface area contributed by atoms with Crippen LogP contribution in [0.15, 0.2) is 24.4 Å². The third-order valence-corrected chi connectivity index (χ3v) is 3.18. The van der Waals surface area contributed by atoms with E-state index in [1.165, 1.54) is 4.88 Å². The maximum absolute atomic E-state index is 5.22. The zero-order valence-corrected chi connectivity index (χ0v) is 10.3. The lowest BCUT2D eigenvalue weighted by Crippen LogP contribution is -1.88. The van der Waals surface area contributed by atoms with Gasteiger partial charge in [-0.2, -0.15) is 0 Å². The molecule has 0 saturated carbocycles. The van der Waals surface area contributed by atoms with E-state index in [0.29, 0.717) is 0 Å². The average molecular weight is 235 g/mol. The van der Waals surface area contributed by atoms with Crippen molar-refractivity contribution >= 4 is 11.3 Å². The highest BCUT2D eigenvalue weighted by atomic mass is 32.1. The molecule has 0 amide bonds. The van der Waals surface area contributed by atoms with Gasteiger partial charge in [-0.3, -0.25) is 0 Å². The lowest BCUT2D eigenvalue weighted by Gasteiger charge is -2.06. The van der Waals surface area contributed by atoms with Gasteiger partial charge < -0.3 is 9.47 Å². The van der Waals surface area contributed by atoms with Gasteiger partial charge in [-0.1, -0.05) is 0 Å². The first-order valence-corrected chi connectivity index (χ1v) is 5.70. The van der Waals surface area contributed by atoms with Crippen LogP contribution >= 0.6 is 11.3 Å². The first-order valence-electron chi connectivity index (χ1n) is 4.89. The summed E-state index contributed by atoms with van der Waals surface area (Å²) in [6.45, 7) is 2.04. The molecule has 3 nitrogen and oxygen atoms in total. The quantitative estimate of drug-likeness (QED) is 0.819. The predicted octanol–water partition coefficient (Wildman–Crippen LogP) is 3.14. The number of thiazole rings is 1. The first kappa shape index (κ1) is 11.0. The molecular formula is C12H13NO2S. The van der Waals surface area contributed by atoms with Crippen molar-refractivity contribution in [1.29, 1.82) is 0 Å². The molecule has 84 valence electrons. The van der Waals surface area contributed by atoms with Crippen molar-refractivity contribution in [3.05, 3.63) is 29.3 Å². The maximum Gasteiger partial charge on any atom is 0.123 e. The van der Waals surface area contributed by atoms with E-state index < -0.39 is 0 Å². The van der Waals surface area contributed by atoms with E-state index in [9.17, 15) is 0 Å². The number of nitrogens with zero attached hydrogens (tertiary/aromatic N) is 1. The Morgan fingerprint density at radius 1 is 1.06 bits per heavy atom. The molecule has 1 aromatic carbocycles. The van der Waals surface area contributed by atoms with E-state index >= 15 is 0 Å². The minimum Gasteiger partial charge on any atom is -0.497 e. The molecule has 0 bridgehead atoms. The van der Waals surface area contributed by atoms with Crippen LogP contribution in [0.5, 0.6) is 11.5 Å². The summed E-state index contributed by atoms with van der Waals surface area (Å²) in [5, 5.41) is 0.981. The van der Waals surface area contributed by atoms with E-state index in [0.717, 1.165) is 22.1 Å². The number of benzene rings is 1. The smallest absolute Gasteiger partial charge is 0.123 e. The lowest BCUT2D eigenvalue weighted by atomic mass is 10.2. The van der Waals surface area contributed by atoms with E-state index in [2.05, 4.69) is 4.98 Å². The zero-order valence-electron chi connectivity index (χ0n) is 9.48. The van der Waals surface area contributed by atoms with Crippen LogP contribution in [0.2, 0.25) is 0 Å². The van der Waals surface area contributed by atoms with Gasteiger partial charge in [-0.25, -0.2) is 4.98 Å². The molecule has 0 saturated heterocycles. The number of ether oxygens (including phenoxy) is 2. The number of aryl methyl sites for hydroxylation is 1. The first-order chi connectivity index (χ1) is 7.72. The highest BCUT2D eigenvalue weighted by Gasteiger charge is 2.07. The van der Waals surface area contributed by atoms with E-state index in [4.69, 9.17) is 9.47 Å². The average Bonchev–Trinajstić information content (AvgIpc) is 2.75. The second kappa shape index (κ2) is 4.53. The van der Waals surface area contributed by atoms with Crippen LogP contribution in [0.3, 0.4) is 0 Å². The highest BCUT2D eigenvalue weighted by molar-refractivity contribution is 7.14. The molecule has 0 aliphatic rings. The fourth-order valence-corrected chi connectivity index (χ4v) is 2.17. The Hall–Kier alpha value is -1.55. The monoisotopic (exact) mass is 235 g/mol. The molecule has 0 aliphatic carbocycles. The molecule has 0 N–H and O–H groups in total. The SMILES string of the molecule is COc1cc(OC)cc(-c2ncc(C)s2)c1. The van der Waals surface area contributed by atoms with Gasteiger partial charge >= 0.3 is 0 Å². The zero-order chi connectivity index (χ0) is 11.5. The molecule has 2 rings (SSSR count). The standard InChI is InChI=1S/C12H13NO2S/c1-8-7-13-12(16-8)9-4-10(14-2)6-11(5-9)15-3/h4-7H,1-3H3. The Morgan fingerprint density at radius 3 is 2.12 bits per heavy atom. The molecule has 0 aliphatic heterocycles. The summed E-state index contributed by atoms with van der Waals surface area (Å²) in [4.78, 5) is 5.54. The van der Waals surface area contributed by atoms with Crippen molar-refractivity contribution in [2.24, 2.45) is 0 Å². The van der Waals surface area contributed by atoms with Gasteiger partial charge in [-0.15, -0.1) is 11.3 Å². The van der Waals surface area contributed by atoms with Gasteiger partial charge in [0.1, 0.15) is 16.5 Å². The van der Waals surface area contributed by atoms with Gasteiger partial charge in [0.15, 0.2) is 0 Å². The Kier molecular flexibility index (Phi) is 3.10. The van der Waals surface area contributed by atoms with Crippen LogP contribution in [0.4, 0.5) is 0 Å². The summed E-state index contributed by atoms with van der Waals surface area (Å²) in [6, 6.07) is 5.77. The summed E-state index contributed by atoms with van der Waals surface area (Å²) < 4.78 is 10.4. The number of rotatable bonds is 3. The topological polar surface area (TPSA) is 31.4 Å². The fourth-order valence-electron chi connectivity index (χ4n) is 1.42. The van der Waals surface area contributed by atoms with Crippen LogP contribution in [0.1, 0.15) is 4.88 Å². The van der Waals surface area contributed by atoms with Crippen molar-refractivity contribution in [3.63, 3.8) is 0 Å². The van der Waals surface area contributed by atoms with Crippen molar-refractivity contribution < 1.29 is 9.47 Å². The summed E-state index contributed by atoms with van der Waals surface area (Å²) in [6.07, 6.45) is 1.87. The molecule has 0 radical (unpaired) electrons. The van der Waals surface area contributed by atoms with Crippen molar-refractivity contribution in [1.82, 2.24) is 4.98 Å². The molecule has 4 heteroatoms. The number of hydrogen-bond donors (Lipinski definition) is 0. The molecule has 2 aromatic rings. The molecule has 1 aromatic heterocycles. The van der Waals surface area contributed by atoms with Crippen molar-refractivity contribution in [2.75, 3.05) is 14.2 Å². The van der Waals surface area contributed by atoms with Crippen LogP contribution in [0, 0.1) is 6.92 Å². The molecule has 0 atom stereocenters. The Morgan fingerprint density at radius 2 is 1.69 bits per heavy atom. The molecule has 0 unspecified atom stereocenters. The summed E-state index contributed by atoms with van der Waals surface area (Å²) >= 11 is 1.66. The van der Waals surface area contributed by atoms with Crippen molar-refractivity contribution in [3.8, 4) is 22.1 Å². The van der Waals surface area contributed by atoms with E-state index in [1.54, 1.807) is 25.6 Å². The summed E-state index contributed by atoms with van der Waals surface area (Å²) in [5.41, 5.74) is 1.02. The molecule has 16 heavy (non-hydrogen) atoms. The van der Waals surface area contributed by atoms with Gasteiger partial charge in [0.25, 0.3) is 0 Å². The predicted molar refractivity (Wildman–Crippen MR) is 65.4 cm³/mol. The van der Waals surface area contributed by atoms with Gasteiger partial charge in [0, 0.05) is 22.7 Å². The van der Waals surface area contributed by atoms with Crippen LogP contribution in [-0.4, -0.2) is 19.2 Å². The van der Waals surface area contributed by atoms with Crippen LogP contribution in [-0.2, 0) is 0 Å². The minimum absolute atomic E-state index is 0.780. The summed E-state index contributed by atoms with van der Waals surface area (Å²) in [7, 11) is 3.29. The maximum atomic E-state index is 5.22. The van der Waals surface area contributed by atoms with Gasteiger partial charge in [0.05, 0.1) is 14.2 Å².